The topological polar surface area (TPSA) is 39.1 Å². The molecule has 2 heterocycles. The molecule has 0 saturated carbocycles. The Morgan fingerprint density at radius 1 is 1.52 bits per heavy atom. The molecule has 0 aliphatic heterocycles. The maximum absolute atomic E-state index is 6.38. The van der Waals surface area contributed by atoms with Gasteiger partial charge in [0, 0.05) is 18.4 Å². The second-order valence-electron chi connectivity index (χ2n) is 4.88. The summed E-state index contributed by atoms with van der Waals surface area (Å²) >= 11 is 8.15. The summed E-state index contributed by atoms with van der Waals surface area (Å²) in [6, 6.07) is 4.42. The van der Waals surface area contributed by atoms with Gasteiger partial charge < -0.3 is 10.1 Å². The van der Waals surface area contributed by atoms with Gasteiger partial charge in [0.2, 0.25) is 0 Å². The number of hydrogen-bond acceptors (Lipinski definition) is 4. The number of ether oxygens (including phenoxy) is 1. The van der Waals surface area contributed by atoms with Crippen molar-refractivity contribution in [2.75, 3.05) is 20.3 Å². The zero-order valence-electron chi connectivity index (χ0n) is 12.5. The number of methoxy groups -OCH3 is 1. The van der Waals surface area contributed by atoms with Gasteiger partial charge in [-0.05, 0) is 24.4 Å². The Hall–Kier alpha value is -0.880. The van der Waals surface area contributed by atoms with Crippen LogP contribution < -0.4 is 5.32 Å². The molecule has 2 aromatic heterocycles. The van der Waals surface area contributed by atoms with Crippen molar-refractivity contribution in [3.05, 3.63) is 39.3 Å². The molecule has 0 aliphatic carbocycles. The molecule has 1 N–H and O–H groups in total. The first-order valence-corrected chi connectivity index (χ1v) is 8.48. The summed E-state index contributed by atoms with van der Waals surface area (Å²) in [5, 5.41) is 10.8. The Labute approximate surface area is 135 Å². The van der Waals surface area contributed by atoms with Crippen LogP contribution in [0.25, 0.3) is 0 Å². The highest BCUT2D eigenvalue weighted by Crippen LogP contribution is 2.27. The fraction of sp³-hybridized carbons (Fsp3) is 0.533. The molecule has 0 fully saturated rings. The predicted molar refractivity (Wildman–Crippen MR) is 88.2 cm³/mol. The molecular weight excluding hydrogens is 306 g/mol. The SMILES string of the molecule is CCCNC(Cc1cccs1)c1c(Cl)cnn1CCOC. The Kier molecular flexibility index (Phi) is 6.70. The van der Waals surface area contributed by atoms with Gasteiger partial charge in [-0.1, -0.05) is 24.6 Å². The summed E-state index contributed by atoms with van der Waals surface area (Å²) in [5.74, 6) is 0. The van der Waals surface area contributed by atoms with Crippen LogP contribution in [-0.4, -0.2) is 30.0 Å². The third-order valence-electron chi connectivity index (χ3n) is 3.30. The largest absolute Gasteiger partial charge is 0.383 e. The van der Waals surface area contributed by atoms with Gasteiger partial charge in [0.15, 0.2) is 0 Å². The monoisotopic (exact) mass is 327 g/mol. The minimum absolute atomic E-state index is 0.176. The lowest BCUT2D eigenvalue weighted by molar-refractivity contribution is 0.181. The van der Waals surface area contributed by atoms with Crippen molar-refractivity contribution in [1.82, 2.24) is 15.1 Å². The van der Waals surface area contributed by atoms with Crippen LogP contribution in [0.5, 0.6) is 0 Å². The van der Waals surface area contributed by atoms with Gasteiger partial charge >= 0.3 is 0 Å². The molecule has 0 aromatic carbocycles. The molecule has 21 heavy (non-hydrogen) atoms. The normalized spacial score (nSPS) is 12.7. The number of hydrogen-bond donors (Lipinski definition) is 1. The first-order chi connectivity index (χ1) is 10.3. The molecule has 6 heteroatoms. The van der Waals surface area contributed by atoms with Crippen LogP contribution in [0.15, 0.2) is 23.7 Å². The first kappa shape index (κ1) is 16.5. The summed E-state index contributed by atoms with van der Waals surface area (Å²) < 4.78 is 7.11. The van der Waals surface area contributed by atoms with Crippen LogP contribution in [0.1, 0.15) is 30.0 Å². The second kappa shape index (κ2) is 8.54. The third-order valence-corrected chi connectivity index (χ3v) is 4.49. The lowest BCUT2D eigenvalue weighted by atomic mass is 10.1. The van der Waals surface area contributed by atoms with Crippen LogP contribution in [0.2, 0.25) is 5.02 Å². The highest BCUT2D eigenvalue weighted by molar-refractivity contribution is 7.09. The van der Waals surface area contributed by atoms with Crippen LogP contribution in [0, 0.1) is 0 Å². The number of thiophene rings is 1. The summed E-state index contributed by atoms with van der Waals surface area (Å²) in [4.78, 5) is 1.35. The van der Waals surface area contributed by atoms with Crippen LogP contribution in [-0.2, 0) is 17.7 Å². The van der Waals surface area contributed by atoms with Gasteiger partial charge in [-0.15, -0.1) is 11.3 Å². The Morgan fingerprint density at radius 3 is 3.05 bits per heavy atom. The average molecular weight is 328 g/mol. The Bertz CT molecular complexity index is 527. The van der Waals surface area contributed by atoms with E-state index in [1.54, 1.807) is 24.6 Å². The van der Waals surface area contributed by atoms with E-state index in [1.807, 2.05) is 4.68 Å². The standard InChI is InChI=1S/C15H22ClN3OS/c1-3-6-17-14(10-12-5-4-9-21-12)15-13(16)11-18-19(15)7-8-20-2/h4-5,9,11,14,17H,3,6-8,10H2,1-2H3. The van der Waals surface area contributed by atoms with Gasteiger partial charge in [0.1, 0.15) is 0 Å². The van der Waals surface area contributed by atoms with Crippen molar-refractivity contribution in [3.63, 3.8) is 0 Å². The number of nitrogens with zero attached hydrogens (tertiary/aromatic N) is 2. The molecule has 0 spiro atoms. The van der Waals surface area contributed by atoms with Crippen molar-refractivity contribution in [3.8, 4) is 0 Å². The maximum Gasteiger partial charge on any atom is 0.0834 e. The second-order valence-corrected chi connectivity index (χ2v) is 6.32. The predicted octanol–water partition coefficient (Wildman–Crippen LogP) is 3.53. The summed E-state index contributed by atoms with van der Waals surface area (Å²) in [6.45, 7) is 4.47. The number of nitrogens with one attached hydrogen (secondary N) is 1. The molecule has 0 radical (unpaired) electrons. The van der Waals surface area contributed by atoms with Gasteiger partial charge in [0.05, 0.1) is 36.1 Å². The van der Waals surface area contributed by atoms with Crippen LogP contribution in [0.3, 0.4) is 0 Å². The molecule has 4 nitrogen and oxygen atoms in total. The van der Waals surface area contributed by atoms with E-state index in [0.29, 0.717) is 13.2 Å². The van der Waals surface area contributed by atoms with E-state index in [2.05, 4.69) is 34.9 Å². The van der Waals surface area contributed by atoms with Gasteiger partial charge in [0.25, 0.3) is 0 Å². The van der Waals surface area contributed by atoms with Crippen molar-refractivity contribution in [1.29, 1.82) is 0 Å². The zero-order valence-corrected chi connectivity index (χ0v) is 14.1. The number of aromatic nitrogens is 2. The van der Waals surface area contributed by atoms with Crippen molar-refractivity contribution in [2.24, 2.45) is 0 Å². The lowest BCUT2D eigenvalue weighted by Crippen LogP contribution is -2.27. The summed E-state index contributed by atoms with van der Waals surface area (Å²) in [6.07, 6.45) is 3.74. The average Bonchev–Trinajstić information content (AvgIpc) is 3.11. The Balaban J connectivity index is 2.20. The quantitative estimate of drug-likeness (QED) is 0.765. The zero-order chi connectivity index (χ0) is 15.1. The van der Waals surface area contributed by atoms with E-state index in [9.17, 15) is 0 Å². The highest BCUT2D eigenvalue weighted by Gasteiger charge is 2.20. The fourth-order valence-corrected chi connectivity index (χ4v) is 3.31. The van der Waals surface area contributed by atoms with Gasteiger partial charge in [-0.2, -0.15) is 5.10 Å². The fourth-order valence-electron chi connectivity index (χ4n) is 2.29. The Morgan fingerprint density at radius 2 is 2.38 bits per heavy atom. The van der Waals surface area contributed by atoms with Crippen molar-refractivity contribution < 1.29 is 4.74 Å². The molecule has 0 aliphatic rings. The van der Waals surface area contributed by atoms with E-state index in [0.717, 1.165) is 30.1 Å². The van der Waals surface area contributed by atoms with E-state index < -0.39 is 0 Å². The lowest BCUT2D eigenvalue weighted by Gasteiger charge is -2.20. The highest BCUT2D eigenvalue weighted by atomic mass is 35.5. The smallest absolute Gasteiger partial charge is 0.0834 e. The molecule has 116 valence electrons. The van der Waals surface area contributed by atoms with Gasteiger partial charge in [-0.3, -0.25) is 4.68 Å². The molecule has 2 aromatic rings. The summed E-state index contributed by atoms with van der Waals surface area (Å²) in [7, 11) is 1.70. The first-order valence-electron chi connectivity index (χ1n) is 7.22. The van der Waals surface area contributed by atoms with Gasteiger partial charge in [-0.25, -0.2) is 0 Å². The summed E-state index contributed by atoms with van der Waals surface area (Å²) in [5.41, 5.74) is 1.05. The van der Waals surface area contributed by atoms with Crippen molar-refractivity contribution in [2.45, 2.75) is 32.4 Å². The minimum atomic E-state index is 0.176. The van der Waals surface area contributed by atoms with E-state index >= 15 is 0 Å². The molecule has 2 rings (SSSR count). The van der Waals surface area contributed by atoms with Crippen LogP contribution in [0.4, 0.5) is 0 Å². The van der Waals surface area contributed by atoms with E-state index in [-0.39, 0.29) is 6.04 Å². The number of rotatable bonds is 9. The van der Waals surface area contributed by atoms with E-state index in [1.165, 1.54) is 4.88 Å². The van der Waals surface area contributed by atoms with Crippen LogP contribution >= 0.6 is 22.9 Å². The molecule has 0 saturated heterocycles. The molecule has 1 unspecified atom stereocenters. The molecule has 0 bridgehead atoms. The van der Waals surface area contributed by atoms with E-state index in [4.69, 9.17) is 16.3 Å². The van der Waals surface area contributed by atoms with Crippen molar-refractivity contribution >= 4 is 22.9 Å². The molecule has 1 atom stereocenters. The third kappa shape index (κ3) is 4.54. The minimum Gasteiger partial charge on any atom is -0.383 e. The molecule has 0 amide bonds. The maximum atomic E-state index is 6.38. The number of halogens is 1. The molecular formula is C15H22ClN3OS.